The van der Waals surface area contributed by atoms with Crippen LogP contribution in [0.2, 0.25) is 0 Å². The molecule has 0 aliphatic heterocycles. The molecule has 2 N–H and O–H groups in total. The molecule has 0 spiro atoms. The van der Waals surface area contributed by atoms with Gasteiger partial charge in [0.25, 0.3) is 0 Å². The maximum Gasteiger partial charge on any atom is 0.214 e. The van der Waals surface area contributed by atoms with E-state index in [1.807, 2.05) is 12.1 Å². The van der Waals surface area contributed by atoms with Crippen molar-refractivity contribution in [2.24, 2.45) is 0 Å². The Balaban J connectivity index is 2.61. The second-order valence-corrected chi connectivity index (χ2v) is 6.36. The summed E-state index contributed by atoms with van der Waals surface area (Å²) in [4.78, 5) is 0. The van der Waals surface area contributed by atoms with Gasteiger partial charge in [-0.3, -0.25) is 0 Å². The molecule has 0 radical (unpaired) electrons. The first-order valence-electron chi connectivity index (χ1n) is 5.73. The van der Waals surface area contributed by atoms with Crippen molar-refractivity contribution >= 4 is 15.7 Å². The molecule has 6 heteroatoms. The fourth-order valence-electron chi connectivity index (χ4n) is 1.59. The number of nitrogen functional groups attached to an aromatic ring is 1. The molecule has 0 aliphatic carbocycles. The Bertz CT molecular complexity index is 474. The summed E-state index contributed by atoms with van der Waals surface area (Å²) in [5.41, 5.74) is 7.18. The number of ether oxygens (including phenoxy) is 1. The van der Waals surface area contributed by atoms with E-state index in [2.05, 4.69) is 0 Å². The van der Waals surface area contributed by atoms with Gasteiger partial charge in [-0.1, -0.05) is 12.1 Å². The lowest BCUT2D eigenvalue weighted by molar-refractivity contribution is 0.199. The van der Waals surface area contributed by atoms with Crippen LogP contribution in [-0.2, 0) is 21.3 Å². The lowest BCUT2D eigenvalue weighted by atomic mass is 10.2. The summed E-state index contributed by atoms with van der Waals surface area (Å²) in [5, 5.41) is 0. The van der Waals surface area contributed by atoms with Gasteiger partial charge in [-0.05, 0) is 24.1 Å². The van der Waals surface area contributed by atoms with E-state index in [1.165, 1.54) is 4.31 Å². The van der Waals surface area contributed by atoms with Crippen molar-refractivity contribution in [2.45, 2.75) is 13.0 Å². The Hall–Kier alpha value is -1.11. The van der Waals surface area contributed by atoms with Crippen molar-refractivity contribution < 1.29 is 13.2 Å². The van der Waals surface area contributed by atoms with E-state index >= 15 is 0 Å². The molecular formula is C12H20N2O3S. The molecule has 0 bridgehead atoms. The Morgan fingerprint density at radius 3 is 2.72 bits per heavy atom. The molecule has 0 fully saturated rings. The van der Waals surface area contributed by atoms with Crippen LogP contribution >= 0.6 is 0 Å². The maximum atomic E-state index is 11.9. The van der Waals surface area contributed by atoms with Gasteiger partial charge in [-0.25, -0.2) is 12.7 Å². The molecular weight excluding hydrogens is 252 g/mol. The summed E-state index contributed by atoms with van der Waals surface area (Å²) in [7, 11) is -0.0977. The molecule has 0 aliphatic rings. The maximum absolute atomic E-state index is 11.9. The molecule has 5 nitrogen and oxygen atoms in total. The molecule has 18 heavy (non-hydrogen) atoms. The largest absolute Gasteiger partial charge is 0.399 e. The topological polar surface area (TPSA) is 72.6 Å². The number of anilines is 1. The van der Waals surface area contributed by atoms with Crippen LogP contribution < -0.4 is 5.73 Å². The lowest BCUT2D eigenvalue weighted by Crippen LogP contribution is -2.29. The molecule has 0 unspecified atom stereocenters. The van der Waals surface area contributed by atoms with Gasteiger partial charge in [0.15, 0.2) is 0 Å². The van der Waals surface area contributed by atoms with E-state index in [-0.39, 0.29) is 5.75 Å². The number of hydrogen-bond acceptors (Lipinski definition) is 4. The molecule has 1 aromatic rings. The number of hydrogen-bond donors (Lipinski definition) is 1. The molecule has 0 heterocycles. The summed E-state index contributed by atoms with van der Waals surface area (Å²) in [6.45, 7) is 0.783. The fourth-order valence-corrected chi connectivity index (χ4v) is 2.73. The van der Waals surface area contributed by atoms with Gasteiger partial charge in [0.2, 0.25) is 10.0 Å². The number of nitrogens with zero attached hydrogens (tertiary/aromatic N) is 1. The monoisotopic (exact) mass is 272 g/mol. The Morgan fingerprint density at radius 1 is 1.39 bits per heavy atom. The Morgan fingerprint density at radius 2 is 2.11 bits per heavy atom. The second kappa shape index (κ2) is 6.72. The summed E-state index contributed by atoms with van der Waals surface area (Å²) in [6, 6.07) is 7.23. The van der Waals surface area contributed by atoms with Crippen LogP contribution in [-0.4, -0.2) is 39.2 Å². The van der Waals surface area contributed by atoms with Gasteiger partial charge in [0.05, 0.1) is 5.75 Å². The number of benzene rings is 1. The molecule has 102 valence electrons. The van der Waals surface area contributed by atoms with E-state index in [0.29, 0.717) is 25.3 Å². The zero-order chi connectivity index (χ0) is 13.6. The first-order chi connectivity index (χ1) is 8.45. The second-order valence-electron chi connectivity index (χ2n) is 4.16. The highest BCUT2D eigenvalue weighted by molar-refractivity contribution is 7.89. The van der Waals surface area contributed by atoms with Crippen LogP contribution in [0.1, 0.15) is 12.0 Å². The highest BCUT2D eigenvalue weighted by Crippen LogP contribution is 2.11. The Kier molecular flexibility index (Phi) is 5.58. The first kappa shape index (κ1) is 14.9. The van der Waals surface area contributed by atoms with Crippen molar-refractivity contribution in [2.75, 3.05) is 32.3 Å². The van der Waals surface area contributed by atoms with E-state index in [9.17, 15) is 8.42 Å². The van der Waals surface area contributed by atoms with Gasteiger partial charge in [0.1, 0.15) is 0 Å². The average molecular weight is 272 g/mol. The molecule has 1 rings (SSSR count). The van der Waals surface area contributed by atoms with Crippen LogP contribution in [0.3, 0.4) is 0 Å². The van der Waals surface area contributed by atoms with Gasteiger partial charge >= 0.3 is 0 Å². The van der Waals surface area contributed by atoms with Crippen molar-refractivity contribution in [1.29, 1.82) is 0 Å². The lowest BCUT2D eigenvalue weighted by Gasteiger charge is -2.17. The van der Waals surface area contributed by atoms with Gasteiger partial charge < -0.3 is 10.5 Å². The first-order valence-corrected chi connectivity index (χ1v) is 7.34. The number of nitrogens with two attached hydrogens (primary N) is 1. The third-order valence-corrected chi connectivity index (χ3v) is 4.47. The average Bonchev–Trinajstić information content (AvgIpc) is 2.29. The van der Waals surface area contributed by atoms with Crippen molar-refractivity contribution in [3.05, 3.63) is 29.8 Å². The minimum atomic E-state index is -3.23. The zero-order valence-corrected chi connectivity index (χ0v) is 11.6. The molecule has 0 saturated carbocycles. The highest BCUT2D eigenvalue weighted by atomic mass is 32.2. The van der Waals surface area contributed by atoms with E-state index in [4.69, 9.17) is 10.5 Å². The highest BCUT2D eigenvalue weighted by Gasteiger charge is 2.17. The summed E-state index contributed by atoms with van der Waals surface area (Å²) >= 11 is 0. The Labute approximate surface area is 109 Å². The van der Waals surface area contributed by atoms with E-state index < -0.39 is 10.0 Å². The summed E-state index contributed by atoms with van der Waals surface area (Å²) < 4.78 is 30.1. The quantitative estimate of drug-likeness (QED) is 0.595. The van der Waals surface area contributed by atoms with Crippen molar-refractivity contribution in [1.82, 2.24) is 4.31 Å². The zero-order valence-electron chi connectivity index (χ0n) is 10.8. The van der Waals surface area contributed by atoms with Crippen LogP contribution in [0.25, 0.3) is 0 Å². The molecule has 0 aromatic heterocycles. The number of sulfonamides is 1. The number of methoxy groups -OCH3 is 1. The van der Waals surface area contributed by atoms with Crippen LogP contribution in [0.15, 0.2) is 24.3 Å². The van der Waals surface area contributed by atoms with Crippen molar-refractivity contribution in [3.8, 4) is 0 Å². The third-order valence-electron chi connectivity index (χ3n) is 2.58. The fraction of sp³-hybridized carbons (Fsp3) is 0.500. The molecule has 1 aromatic carbocycles. The predicted octanol–water partition coefficient (Wildman–Crippen LogP) is 1.07. The molecule has 0 atom stereocenters. The van der Waals surface area contributed by atoms with Gasteiger partial charge in [-0.2, -0.15) is 0 Å². The van der Waals surface area contributed by atoms with E-state index in [0.717, 1.165) is 5.56 Å². The van der Waals surface area contributed by atoms with Gasteiger partial charge in [-0.15, -0.1) is 0 Å². The minimum absolute atomic E-state index is 0.0969. The number of rotatable bonds is 7. The van der Waals surface area contributed by atoms with Gasteiger partial charge in [0, 0.05) is 33.0 Å². The van der Waals surface area contributed by atoms with Crippen molar-refractivity contribution in [3.63, 3.8) is 0 Å². The minimum Gasteiger partial charge on any atom is -0.399 e. The van der Waals surface area contributed by atoms with Crippen LogP contribution in [0.4, 0.5) is 5.69 Å². The van der Waals surface area contributed by atoms with Crippen LogP contribution in [0, 0.1) is 0 Å². The summed E-state index contributed by atoms with van der Waals surface area (Å²) in [5.74, 6) is 0.0969. The normalized spacial score (nSPS) is 11.9. The smallest absolute Gasteiger partial charge is 0.214 e. The summed E-state index contributed by atoms with van der Waals surface area (Å²) in [6.07, 6.45) is 0.500. The molecule has 0 saturated heterocycles. The predicted molar refractivity (Wildman–Crippen MR) is 72.6 cm³/mol. The van der Waals surface area contributed by atoms with Crippen LogP contribution in [0.5, 0.6) is 0 Å². The molecule has 0 amide bonds. The van der Waals surface area contributed by atoms with E-state index in [1.54, 1.807) is 26.3 Å². The third kappa shape index (κ3) is 4.64. The SMILES string of the molecule is COCCCS(=O)(=O)N(C)Cc1cccc(N)c1. The standard InChI is InChI=1S/C12H20N2O3S/c1-14(18(15,16)8-4-7-17-2)10-11-5-3-6-12(13)9-11/h3,5-6,9H,4,7-8,10,13H2,1-2H3.